The molecule has 2 N–H and O–H groups in total. The summed E-state index contributed by atoms with van der Waals surface area (Å²) in [7, 11) is 0. The molecule has 0 aromatic rings. The van der Waals surface area contributed by atoms with E-state index in [1.807, 2.05) is 0 Å². The molecule has 1 rings (SSSR count). The highest BCUT2D eigenvalue weighted by atomic mass is 16.7. The van der Waals surface area contributed by atoms with E-state index in [1.54, 1.807) is 0 Å². The molecule has 0 radical (unpaired) electrons. The summed E-state index contributed by atoms with van der Waals surface area (Å²) in [4.78, 5) is 0. The first-order valence-corrected chi connectivity index (χ1v) is 6.52. The monoisotopic (exact) mass is 229 g/mol. The lowest BCUT2D eigenvalue weighted by atomic mass is 9.95. The number of ether oxygens (including phenoxy) is 2. The van der Waals surface area contributed by atoms with Crippen molar-refractivity contribution in [2.45, 2.75) is 65.2 Å². The van der Waals surface area contributed by atoms with Crippen LogP contribution in [0.15, 0.2) is 0 Å². The van der Waals surface area contributed by atoms with E-state index in [9.17, 15) is 0 Å². The highest BCUT2D eigenvalue weighted by Gasteiger charge is 2.27. The van der Waals surface area contributed by atoms with Gasteiger partial charge in [0.05, 0.1) is 13.2 Å². The molecule has 1 aliphatic rings. The average molecular weight is 229 g/mol. The van der Waals surface area contributed by atoms with Gasteiger partial charge in [-0.15, -0.1) is 0 Å². The quantitative estimate of drug-likeness (QED) is 0.712. The van der Waals surface area contributed by atoms with E-state index in [0.717, 1.165) is 38.9 Å². The smallest absolute Gasteiger partial charge is 0.157 e. The van der Waals surface area contributed by atoms with E-state index in [4.69, 9.17) is 15.2 Å². The third-order valence-electron chi connectivity index (χ3n) is 3.11. The summed E-state index contributed by atoms with van der Waals surface area (Å²) in [5.74, 6) is 0. The first-order chi connectivity index (χ1) is 7.53. The molecule has 1 saturated heterocycles. The van der Waals surface area contributed by atoms with Gasteiger partial charge in [-0.3, -0.25) is 0 Å². The van der Waals surface area contributed by atoms with Gasteiger partial charge in [0.2, 0.25) is 0 Å². The van der Waals surface area contributed by atoms with E-state index in [2.05, 4.69) is 20.8 Å². The number of hydrogen-bond acceptors (Lipinski definition) is 3. The van der Waals surface area contributed by atoms with Crippen LogP contribution >= 0.6 is 0 Å². The van der Waals surface area contributed by atoms with Gasteiger partial charge in [0.25, 0.3) is 0 Å². The normalized spacial score (nSPS) is 23.2. The van der Waals surface area contributed by atoms with Crippen molar-refractivity contribution in [1.29, 1.82) is 0 Å². The van der Waals surface area contributed by atoms with Crippen molar-refractivity contribution in [2.24, 2.45) is 11.1 Å². The lowest BCUT2D eigenvalue weighted by molar-refractivity contribution is -0.224. The van der Waals surface area contributed by atoms with E-state index >= 15 is 0 Å². The van der Waals surface area contributed by atoms with Gasteiger partial charge in [0, 0.05) is 11.5 Å². The predicted octanol–water partition coefficient (Wildman–Crippen LogP) is 2.68. The molecule has 16 heavy (non-hydrogen) atoms. The summed E-state index contributed by atoms with van der Waals surface area (Å²) < 4.78 is 11.3. The van der Waals surface area contributed by atoms with Crippen LogP contribution in [0.1, 0.15) is 52.9 Å². The molecular formula is C13H27NO2. The topological polar surface area (TPSA) is 44.5 Å². The fraction of sp³-hybridized carbons (Fsp3) is 1.00. The van der Waals surface area contributed by atoms with Crippen LogP contribution in [-0.4, -0.2) is 25.5 Å². The van der Waals surface area contributed by atoms with Crippen molar-refractivity contribution in [3.05, 3.63) is 0 Å². The molecule has 1 aliphatic heterocycles. The highest BCUT2D eigenvalue weighted by Crippen LogP contribution is 2.25. The van der Waals surface area contributed by atoms with Gasteiger partial charge in [0.1, 0.15) is 0 Å². The Balaban J connectivity index is 2.02. The average Bonchev–Trinajstić information content (AvgIpc) is 2.26. The van der Waals surface area contributed by atoms with Crippen LogP contribution in [0, 0.1) is 5.41 Å². The van der Waals surface area contributed by atoms with Crippen LogP contribution in [0.4, 0.5) is 0 Å². The lowest BCUT2D eigenvalue weighted by Gasteiger charge is -2.34. The Morgan fingerprint density at radius 2 is 1.88 bits per heavy atom. The summed E-state index contributed by atoms with van der Waals surface area (Å²) >= 11 is 0. The summed E-state index contributed by atoms with van der Waals surface area (Å²) in [6, 6.07) is 0.368. The second kappa shape index (κ2) is 6.58. The predicted molar refractivity (Wildman–Crippen MR) is 66.2 cm³/mol. The zero-order chi connectivity index (χ0) is 12.0. The minimum Gasteiger partial charge on any atom is -0.352 e. The Morgan fingerprint density at radius 3 is 2.44 bits per heavy atom. The van der Waals surface area contributed by atoms with Crippen molar-refractivity contribution in [3.63, 3.8) is 0 Å². The van der Waals surface area contributed by atoms with Gasteiger partial charge < -0.3 is 15.2 Å². The molecule has 0 bridgehead atoms. The van der Waals surface area contributed by atoms with E-state index in [-0.39, 0.29) is 11.7 Å². The number of nitrogens with two attached hydrogens (primary N) is 1. The zero-order valence-corrected chi connectivity index (χ0v) is 11.0. The molecule has 0 aliphatic carbocycles. The fourth-order valence-corrected chi connectivity index (χ4v) is 1.82. The van der Waals surface area contributed by atoms with Gasteiger partial charge in [0.15, 0.2) is 6.29 Å². The molecule has 0 spiro atoms. The maximum atomic E-state index is 5.87. The first kappa shape index (κ1) is 13.9. The molecule has 1 atom stereocenters. The molecule has 0 amide bonds. The molecule has 3 nitrogen and oxygen atoms in total. The molecule has 1 fully saturated rings. The van der Waals surface area contributed by atoms with Crippen molar-refractivity contribution < 1.29 is 9.47 Å². The standard InChI is InChI=1S/C13H27NO2/c1-4-11(14)7-5-6-8-12-15-9-13(2,3)10-16-12/h11-12H,4-10,14H2,1-3H3. The maximum Gasteiger partial charge on any atom is 0.157 e. The Bertz CT molecular complexity index is 184. The lowest BCUT2D eigenvalue weighted by Crippen LogP contribution is -2.37. The molecule has 1 heterocycles. The van der Waals surface area contributed by atoms with Crippen LogP contribution < -0.4 is 5.73 Å². The summed E-state index contributed by atoms with van der Waals surface area (Å²) in [5.41, 5.74) is 6.05. The Morgan fingerprint density at radius 1 is 1.25 bits per heavy atom. The molecule has 3 heteroatoms. The van der Waals surface area contributed by atoms with Crippen LogP contribution in [0.2, 0.25) is 0 Å². The van der Waals surface area contributed by atoms with E-state index < -0.39 is 0 Å². The molecule has 0 aromatic carbocycles. The first-order valence-electron chi connectivity index (χ1n) is 6.52. The van der Waals surface area contributed by atoms with E-state index in [0.29, 0.717) is 6.04 Å². The fourth-order valence-electron chi connectivity index (χ4n) is 1.82. The molecule has 0 aromatic heterocycles. The van der Waals surface area contributed by atoms with Crippen LogP contribution in [0.5, 0.6) is 0 Å². The van der Waals surface area contributed by atoms with Gasteiger partial charge in [-0.2, -0.15) is 0 Å². The second-order valence-corrected chi connectivity index (χ2v) is 5.67. The Kier molecular flexibility index (Phi) is 5.73. The second-order valence-electron chi connectivity index (χ2n) is 5.67. The van der Waals surface area contributed by atoms with Crippen molar-refractivity contribution in [1.82, 2.24) is 0 Å². The third kappa shape index (κ3) is 5.28. The molecule has 0 saturated carbocycles. The van der Waals surface area contributed by atoms with Gasteiger partial charge in [-0.1, -0.05) is 27.2 Å². The van der Waals surface area contributed by atoms with Crippen molar-refractivity contribution >= 4 is 0 Å². The Labute approximate surface area is 99.7 Å². The molecular weight excluding hydrogens is 202 g/mol. The number of unbranched alkanes of at least 4 members (excludes halogenated alkanes) is 1. The number of rotatable bonds is 6. The Hall–Kier alpha value is -0.120. The summed E-state index contributed by atoms with van der Waals surface area (Å²) in [6.07, 6.45) is 5.55. The largest absolute Gasteiger partial charge is 0.352 e. The van der Waals surface area contributed by atoms with E-state index in [1.165, 1.54) is 6.42 Å². The summed E-state index contributed by atoms with van der Waals surface area (Å²) in [6.45, 7) is 8.10. The molecule has 96 valence electrons. The van der Waals surface area contributed by atoms with Crippen LogP contribution in [0.25, 0.3) is 0 Å². The van der Waals surface area contributed by atoms with Crippen LogP contribution in [0.3, 0.4) is 0 Å². The van der Waals surface area contributed by atoms with Crippen LogP contribution in [-0.2, 0) is 9.47 Å². The third-order valence-corrected chi connectivity index (χ3v) is 3.11. The highest BCUT2D eigenvalue weighted by molar-refractivity contribution is 4.71. The van der Waals surface area contributed by atoms with Gasteiger partial charge >= 0.3 is 0 Å². The maximum absolute atomic E-state index is 5.87. The van der Waals surface area contributed by atoms with Crippen molar-refractivity contribution in [2.75, 3.05) is 13.2 Å². The van der Waals surface area contributed by atoms with Gasteiger partial charge in [-0.05, 0) is 25.7 Å². The SMILES string of the molecule is CCC(N)CCCCC1OCC(C)(C)CO1. The number of hydrogen-bond donors (Lipinski definition) is 1. The minimum absolute atomic E-state index is 0.0193. The van der Waals surface area contributed by atoms with Gasteiger partial charge in [-0.25, -0.2) is 0 Å². The summed E-state index contributed by atoms with van der Waals surface area (Å²) in [5, 5.41) is 0. The van der Waals surface area contributed by atoms with Crippen molar-refractivity contribution in [3.8, 4) is 0 Å². The molecule has 1 unspecified atom stereocenters. The zero-order valence-electron chi connectivity index (χ0n) is 11.0. The minimum atomic E-state index is 0.0193.